The number of nitrogens with zero attached hydrogens (tertiary/aromatic N) is 3. The Morgan fingerprint density at radius 2 is 2.00 bits per heavy atom. The van der Waals surface area contributed by atoms with Crippen molar-refractivity contribution in [2.75, 3.05) is 13.6 Å². The van der Waals surface area contributed by atoms with Crippen molar-refractivity contribution in [2.24, 2.45) is 0 Å². The number of aromatic nitrogens is 2. The SMILES string of the molecule is CCc1cn(CCCN(C)Cc2ccccc2)cn1. The standard InChI is InChI=1S/C16H23N3/c1-3-16-13-19(14-17-16)11-7-10-18(2)12-15-8-5-4-6-9-15/h4-6,8-9,13-14H,3,7,10-12H2,1-2H3. The zero-order valence-electron chi connectivity index (χ0n) is 11.9. The summed E-state index contributed by atoms with van der Waals surface area (Å²) in [5.74, 6) is 0. The maximum atomic E-state index is 4.35. The van der Waals surface area contributed by atoms with Gasteiger partial charge in [-0.05, 0) is 32.0 Å². The summed E-state index contributed by atoms with van der Waals surface area (Å²) in [7, 11) is 2.18. The van der Waals surface area contributed by atoms with Gasteiger partial charge in [0.15, 0.2) is 0 Å². The second kappa shape index (κ2) is 7.10. The molecule has 0 amide bonds. The van der Waals surface area contributed by atoms with Gasteiger partial charge in [-0.1, -0.05) is 37.3 Å². The predicted molar refractivity (Wildman–Crippen MR) is 79.0 cm³/mol. The molecule has 0 radical (unpaired) electrons. The Bertz CT molecular complexity index is 476. The molecule has 0 bridgehead atoms. The van der Waals surface area contributed by atoms with E-state index in [1.54, 1.807) is 0 Å². The van der Waals surface area contributed by atoms with E-state index in [4.69, 9.17) is 0 Å². The second-order valence-electron chi connectivity index (χ2n) is 5.03. The quantitative estimate of drug-likeness (QED) is 0.760. The second-order valence-corrected chi connectivity index (χ2v) is 5.03. The van der Waals surface area contributed by atoms with Crippen molar-refractivity contribution >= 4 is 0 Å². The zero-order chi connectivity index (χ0) is 13.5. The Morgan fingerprint density at radius 3 is 2.68 bits per heavy atom. The fourth-order valence-electron chi connectivity index (χ4n) is 2.21. The van der Waals surface area contributed by atoms with Crippen molar-refractivity contribution in [3.63, 3.8) is 0 Å². The number of aryl methyl sites for hydroxylation is 2. The van der Waals surface area contributed by atoms with E-state index in [0.717, 1.165) is 32.5 Å². The minimum absolute atomic E-state index is 1.01. The van der Waals surface area contributed by atoms with E-state index in [0.29, 0.717) is 0 Å². The van der Waals surface area contributed by atoms with Crippen molar-refractivity contribution in [3.05, 3.63) is 54.1 Å². The van der Waals surface area contributed by atoms with E-state index >= 15 is 0 Å². The van der Waals surface area contributed by atoms with Crippen LogP contribution in [-0.2, 0) is 19.5 Å². The number of imidazole rings is 1. The highest BCUT2D eigenvalue weighted by Crippen LogP contribution is 2.04. The van der Waals surface area contributed by atoms with Crippen molar-refractivity contribution in [2.45, 2.75) is 32.9 Å². The van der Waals surface area contributed by atoms with Crippen LogP contribution in [0, 0.1) is 0 Å². The van der Waals surface area contributed by atoms with Crippen LogP contribution < -0.4 is 0 Å². The lowest BCUT2D eigenvalue weighted by molar-refractivity contribution is 0.314. The molecule has 0 aliphatic rings. The van der Waals surface area contributed by atoms with E-state index < -0.39 is 0 Å². The van der Waals surface area contributed by atoms with Crippen LogP contribution in [0.25, 0.3) is 0 Å². The minimum atomic E-state index is 1.01. The Hall–Kier alpha value is -1.61. The topological polar surface area (TPSA) is 21.1 Å². The first-order valence-electron chi connectivity index (χ1n) is 7.01. The Balaban J connectivity index is 1.70. The molecule has 0 spiro atoms. The lowest BCUT2D eigenvalue weighted by Gasteiger charge is -2.16. The van der Waals surface area contributed by atoms with Gasteiger partial charge in [-0.25, -0.2) is 4.98 Å². The largest absolute Gasteiger partial charge is 0.337 e. The van der Waals surface area contributed by atoms with Gasteiger partial charge in [0.1, 0.15) is 0 Å². The molecule has 0 unspecified atom stereocenters. The van der Waals surface area contributed by atoms with Crippen molar-refractivity contribution in [1.29, 1.82) is 0 Å². The lowest BCUT2D eigenvalue weighted by Crippen LogP contribution is -2.20. The molecule has 3 nitrogen and oxygen atoms in total. The van der Waals surface area contributed by atoms with E-state index in [1.807, 2.05) is 6.33 Å². The van der Waals surface area contributed by atoms with Gasteiger partial charge in [0.2, 0.25) is 0 Å². The van der Waals surface area contributed by atoms with Crippen molar-refractivity contribution in [1.82, 2.24) is 14.5 Å². The van der Waals surface area contributed by atoms with Crippen LogP contribution in [0.1, 0.15) is 24.6 Å². The molecule has 1 aromatic heterocycles. The summed E-state index contributed by atoms with van der Waals surface area (Å²) in [6.07, 6.45) is 6.26. The zero-order valence-corrected chi connectivity index (χ0v) is 11.9. The normalized spacial score (nSPS) is 11.1. The highest BCUT2D eigenvalue weighted by molar-refractivity contribution is 5.14. The van der Waals surface area contributed by atoms with Gasteiger partial charge in [0.25, 0.3) is 0 Å². The molecular weight excluding hydrogens is 234 g/mol. The molecule has 0 saturated carbocycles. The summed E-state index contributed by atoms with van der Waals surface area (Å²) in [4.78, 5) is 6.72. The molecule has 1 heterocycles. The first kappa shape index (κ1) is 13.8. The molecule has 2 aromatic rings. The monoisotopic (exact) mass is 257 g/mol. The van der Waals surface area contributed by atoms with Crippen LogP contribution in [0.5, 0.6) is 0 Å². The minimum Gasteiger partial charge on any atom is -0.337 e. The molecule has 2 rings (SSSR count). The summed E-state index contributed by atoms with van der Waals surface area (Å²) >= 11 is 0. The maximum absolute atomic E-state index is 4.35. The summed E-state index contributed by atoms with van der Waals surface area (Å²) < 4.78 is 2.19. The average molecular weight is 257 g/mol. The molecule has 3 heteroatoms. The Labute approximate surface area is 115 Å². The Morgan fingerprint density at radius 1 is 1.21 bits per heavy atom. The highest BCUT2D eigenvalue weighted by atomic mass is 15.1. The van der Waals surface area contributed by atoms with E-state index in [-0.39, 0.29) is 0 Å². The molecule has 19 heavy (non-hydrogen) atoms. The molecule has 0 saturated heterocycles. The number of hydrogen-bond acceptors (Lipinski definition) is 2. The number of rotatable bonds is 7. The number of hydrogen-bond donors (Lipinski definition) is 0. The van der Waals surface area contributed by atoms with Gasteiger partial charge in [-0.3, -0.25) is 0 Å². The lowest BCUT2D eigenvalue weighted by atomic mass is 10.2. The first-order chi connectivity index (χ1) is 9.28. The van der Waals surface area contributed by atoms with Crippen molar-refractivity contribution < 1.29 is 0 Å². The van der Waals surface area contributed by atoms with Gasteiger partial charge in [0, 0.05) is 19.3 Å². The van der Waals surface area contributed by atoms with Crippen LogP contribution in [0.15, 0.2) is 42.9 Å². The average Bonchev–Trinajstić information content (AvgIpc) is 2.88. The van der Waals surface area contributed by atoms with Crippen LogP contribution >= 0.6 is 0 Å². The molecule has 0 fully saturated rings. The summed E-state index contributed by atoms with van der Waals surface area (Å²) in [5.41, 5.74) is 2.55. The third-order valence-electron chi connectivity index (χ3n) is 3.30. The van der Waals surface area contributed by atoms with Gasteiger partial charge in [-0.15, -0.1) is 0 Å². The van der Waals surface area contributed by atoms with E-state index in [9.17, 15) is 0 Å². The van der Waals surface area contributed by atoms with Crippen LogP contribution in [0.4, 0.5) is 0 Å². The maximum Gasteiger partial charge on any atom is 0.0949 e. The van der Waals surface area contributed by atoms with Gasteiger partial charge in [-0.2, -0.15) is 0 Å². The van der Waals surface area contributed by atoms with Crippen LogP contribution in [0.2, 0.25) is 0 Å². The van der Waals surface area contributed by atoms with Gasteiger partial charge >= 0.3 is 0 Å². The molecule has 0 aliphatic heterocycles. The third kappa shape index (κ3) is 4.52. The van der Waals surface area contributed by atoms with Crippen LogP contribution in [0.3, 0.4) is 0 Å². The number of benzene rings is 1. The van der Waals surface area contributed by atoms with Crippen molar-refractivity contribution in [3.8, 4) is 0 Å². The summed E-state index contributed by atoms with van der Waals surface area (Å²) in [6, 6.07) is 10.6. The molecule has 0 atom stereocenters. The summed E-state index contributed by atoms with van der Waals surface area (Å²) in [6.45, 7) is 5.31. The fourth-order valence-corrected chi connectivity index (χ4v) is 2.21. The third-order valence-corrected chi connectivity index (χ3v) is 3.30. The van der Waals surface area contributed by atoms with E-state index in [1.165, 1.54) is 11.3 Å². The fraction of sp³-hybridized carbons (Fsp3) is 0.438. The molecule has 102 valence electrons. The highest BCUT2D eigenvalue weighted by Gasteiger charge is 2.01. The first-order valence-corrected chi connectivity index (χ1v) is 7.01. The van der Waals surface area contributed by atoms with Crippen LogP contribution in [-0.4, -0.2) is 28.0 Å². The van der Waals surface area contributed by atoms with E-state index in [2.05, 4.69) is 65.0 Å². The smallest absolute Gasteiger partial charge is 0.0949 e. The molecular formula is C16H23N3. The predicted octanol–water partition coefficient (Wildman–Crippen LogP) is 2.97. The van der Waals surface area contributed by atoms with Gasteiger partial charge < -0.3 is 9.47 Å². The summed E-state index contributed by atoms with van der Waals surface area (Å²) in [5, 5.41) is 0. The molecule has 0 N–H and O–H groups in total. The molecule has 1 aromatic carbocycles. The van der Waals surface area contributed by atoms with Gasteiger partial charge in [0.05, 0.1) is 12.0 Å². The molecule has 0 aliphatic carbocycles. The Kier molecular flexibility index (Phi) is 5.16.